The summed E-state index contributed by atoms with van der Waals surface area (Å²) in [6.07, 6.45) is 3.07. The zero-order valence-electron chi connectivity index (χ0n) is 19.5. The van der Waals surface area contributed by atoms with Crippen molar-refractivity contribution >= 4 is 24.5 Å². The SMILES string of the molecule is C=C(NC(C)(C)CCC)c1cc(=C)c(C)c(Cc2cc(N(C)C)ccc2C)c1=C. The molecular weight excluding hydrogens is 352 g/mol. The Bertz CT molecular complexity index is 996. The summed E-state index contributed by atoms with van der Waals surface area (Å²) in [5.74, 6) is 0. The van der Waals surface area contributed by atoms with Crippen LogP contribution in [0.4, 0.5) is 5.69 Å². The van der Waals surface area contributed by atoms with Crippen molar-refractivity contribution in [2.45, 2.75) is 59.4 Å². The Hall–Kier alpha value is -2.48. The standard InChI is InChI=1S/C27H38N2/c1-11-14-27(7,8)28-22(6)26-15-19(3)20(4)25(21(26)5)17-23-16-24(29(9)10)13-12-18(23)2/h12-13,15-16,28H,3,5-6,11,14,17H2,1-2,4,7-10H3. The summed E-state index contributed by atoms with van der Waals surface area (Å²) in [5, 5.41) is 5.71. The van der Waals surface area contributed by atoms with E-state index in [9.17, 15) is 0 Å². The van der Waals surface area contributed by atoms with Crippen molar-refractivity contribution in [2.24, 2.45) is 0 Å². The van der Waals surface area contributed by atoms with Gasteiger partial charge in [0.1, 0.15) is 0 Å². The molecule has 156 valence electrons. The number of aryl methyl sites for hydroxylation is 1. The molecule has 29 heavy (non-hydrogen) atoms. The van der Waals surface area contributed by atoms with Crippen molar-refractivity contribution < 1.29 is 0 Å². The number of benzene rings is 2. The third kappa shape index (κ3) is 5.32. The third-order valence-electron chi connectivity index (χ3n) is 5.85. The summed E-state index contributed by atoms with van der Waals surface area (Å²) in [4.78, 5) is 2.14. The highest BCUT2D eigenvalue weighted by Gasteiger charge is 2.18. The largest absolute Gasteiger partial charge is 0.380 e. The van der Waals surface area contributed by atoms with E-state index in [-0.39, 0.29) is 5.54 Å². The molecule has 0 spiro atoms. The van der Waals surface area contributed by atoms with Crippen LogP contribution in [-0.4, -0.2) is 19.6 Å². The highest BCUT2D eigenvalue weighted by atomic mass is 15.1. The van der Waals surface area contributed by atoms with E-state index < -0.39 is 0 Å². The minimum atomic E-state index is 0.00128. The van der Waals surface area contributed by atoms with Gasteiger partial charge in [-0.1, -0.05) is 39.1 Å². The van der Waals surface area contributed by atoms with Gasteiger partial charge in [0.25, 0.3) is 0 Å². The summed E-state index contributed by atoms with van der Waals surface area (Å²) in [6, 6.07) is 8.77. The van der Waals surface area contributed by atoms with Crippen LogP contribution in [0.25, 0.3) is 18.9 Å². The quantitative estimate of drug-likeness (QED) is 0.688. The molecule has 0 atom stereocenters. The molecule has 1 N–H and O–H groups in total. The van der Waals surface area contributed by atoms with Crippen LogP contribution in [0.3, 0.4) is 0 Å². The van der Waals surface area contributed by atoms with Gasteiger partial charge in [-0.05, 0) is 91.4 Å². The fraction of sp³-hybridized carbons (Fsp3) is 0.407. The van der Waals surface area contributed by atoms with Gasteiger partial charge in [-0.2, -0.15) is 0 Å². The fourth-order valence-electron chi connectivity index (χ4n) is 3.94. The van der Waals surface area contributed by atoms with Crippen LogP contribution in [0.2, 0.25) is 0 Å². The van der Waals surface area contributed by atoms with Crippen LogP contribution in [0.5, 0.6) is 0 Å². The predicted octanol–water partition coefficient (Wildman–Crippen LogP) is 4.92. The molecule has 0 aliphatic rings. The van der Waals surface area contributed by atoms with Gasteiger partial charge < -0.3 is 10.2 Å². The van der Waals surface area contributed by atoms with Crippen molar-refractivity contribution in [3.05, 3.63) is 69.1 Å². The van der Waals surface area contributed by atoms with Gasteiger partial charge >= 0.3 is 0 Å². The second kappa shape index (κ2) is 8.90. The topological polar surface area (TPSA) is 15.3 Å². The number of hydrogen-bond donors (Lipinski definition) is 1. The molecule has 0 heterocycles. The van der Waals surface area contributed by atoms with Crippen molar-refractivity contribution in [3.8, 4) is 0 Å². The van der Waals surface area contributed by atoms with E-state index in [0.29, 0.717) is 0 Å². The summed E-state index contributed by atoms with van der Waals surface area (Å²) in [7, 11) is 4.16. The predicted molar refractivity (Wildman–Crippen MR) is 131 cm³/mol. The van der Waals surface area contributed by atoms with Gasteiger partial charge in [-0.25, -0.2) is 0 Å². The van der Waals surface area contributed by atoms with Gasteiger partial charge in [0.15, 0.2) is 0 Å². The zero-order chi connectivity index (χ0) is 21.9. The van der Waals surface area contributed by atoms with Crippen molar-refractivity contribution in [1.82, 2.24) is 5.32 Å². The first-order chi connectivity index (χ1) is 13.5. The van der Waals surface area contributed by atoms with Crippen LogP contribution >= 0.6 is 0 Å². The minimum Gasteiger partial charge on any atom is -0.380 e. The maximum atomic E-state index is 4.46. The second-order valence-electron chi connectivity index (χ2n) is 9.08. The smallest absolute Gasteiger partial charge is 0.0364 e. The number of rotatable bonds is 8. The Morgan fingerprint density at radius 1 is 1.10 bits per heavy atom. The first-order valence-electron chi connectivity index (χ1n) is 10.5. The third-order valence-corrected chi connectivity index (χ3v) is 5.85. The van der Waals surface area contributed by atoms with E-state index in [1.165, 1.54) is 27.9 Å². The van der Waals surface area contributed by atoms with Gasteiger partial charge in [0.2, 0.25) is 0 Å². The summed E-state index contributed by atoms with van der Waals surface area (Å²) >= 11 is 0. The number of hydrogen-bond acceptors (Lipinski definition) is 2. The van der Waals surface area contributed by atoms with E-state index in [4.69, 9.17) is 0 Å². The Kier molecular flexibility index (Phi) is 7.00. The highest BCUT2D eigenvalue weighted by Crippen LogP contribution is 2.21. The van der Waals surface area contributed by atoms with Crippen molar-refractivity contribution in [1.29, 1.82) is 0 Å². The zero-order valence-corrected chi connectivity index (χ0v) is 19.5. The number of anilines is 1. The first-order valence-corrected chi connectivity index (χ1v) is 10.5. The van der Waals surface area contributed by atoms with E-state index in [1.54, 1.807) is 0 Å². The van der Waals surface area contributed by atoms with Crippen molar-refractivity contribution in [3.63, 3.8) is 0 Å². The molecule has 0 aromatic heterocycles. The van der Waals surface area contributed by atoms with E-state index in [1.807, 2.05) is 0 Å². The van der Waals surface area contributed by atoms with Gasteiger partial charge in [-0.15, -0.1) is 0 Å². The average Bonchev–Trinajstić information content (AvgIpc) is 2.62. The second-order valence-corrected chi connectivity index (χ2v) is 9.08. The van der Waals surface area contributed by atoms with Gasteiger partial charge in [0.05, 0.1) is 0 Å². The van der Waals surface area contributed by atoms with Crippen molar-refractivity contribution in [2.75, 3.05) is 19.0 Å². The Balaban J connectivity index is 2.50. The van der Waals surface area contributed by atoms with Gasteiger partial charge in [0, 0.05) is 36.6 Å². The molecule has 2 aromatic rings. The molecule has 0 unspecified atom stereocenters. The van der Waals surface area contributed by atoms with Crippen LogP contribution in [0, 0.1) is 13.8 Å². The van der Waals surface area contributed by atoms with Crippen LogP contribution < -0.4 is 20.7 Å². The molecule has 0 fully saturated rings. The maximum Gasteiger partial charge on any atom is 0.0364 e. The summed E-state index contributed by atoms with van der Waals surface area (Å²) in [5.41, 5.74) is 8.31. The molecule has 2 nitrogen and oxygen atoms in total. The number of nitrogens with zero attached hydrogens (tertiary/aromatic N) is 1. The Morgan fingerprint density at radius 3 is 2.34 bits per heavy atom. The van der Waals surface area contributed by atoms with Gasteiger partial charge in [-0.3, -0.25) is 0 Å². The molecule has 0 aliphatic heterocycles. The lowest BCUT2D eigenvalue weighted by molar-refractivity contribution is 0.413. The van der Waals surface area contributed by atoms with E-state index in [2.05, 4.69) is 103 Å². The molecule has 0 bridgehead atoms. The lowest BCUT2D eigenvalue weighted by atomic mass is 9.91. The highest BCUT2D eigenvalue weighted by molar-refractivity contribution is 5.65. The Morgan fingerprint density at radius 2 is 1.76 bits per heavy atom. The summed E-state index contributed by atoms with van der Waals surface area (Å²) < 4.78 is 0. The molecule has 0 saturated carbocycles. The number of nitrogens with one attached hydrogen (secondary N) is 1. The first kappa shape index (κ1) is 22.8. The molecule has 0 amide bonds. The molecule has 0 saturated heterocycles. The Labute approximate surface area is 177 Å². The lowest BCUT2D eigenvalue weighted by Crippen LogP contribution is -2.39. The molecule has 2 rings (SSSR count). The molecule has 2 aromatic carbocycles. The monoisotopic (exact) mass is 390 g/mol. The van der Waals surface area contributed by atoms with Crippen LogP contribution in [-0.2, 0) is 6.42 Å². The molecule has 0 radical (unpaired) electrons. The molecule has 2 heteroatoms. The summed E-state index contributed by atoms with van der Waals surface area (Å²) in [6.45, 7) is 24.1. The maximum absolute atomic E-state index is 4.46. The average molecular weight is 391 g/mol. The van der Waals surface area contributed by atoms with E-state index >= 15 is 0 Å². The molecular formula is C27H38N2. The van der Waals surface area contributed by atoms with Crippen LogP contribution in [0.15, 0.2) is 30.8 Å². The fourth-order valence-corrected chi connectivity index (χ4v) is 3.94. The van der Waals surface area contributed by atoms with E-state index in [0.717, 1.165) is 41.0 Å². The molecule has 0 aliphatic carbocycles. The van der Waals surface area contributed by atoms with Crippen LogP contribution in [0.1, 0.15) is 61.4 Å². The normalized spacial score (nSPS) is 11.4. The minimum absolute atomic E-state index is 0.00128. The lowest BCUT2D eigenvalue weighted by Gasteiger charge is -2.29.